The van der Waals surface area contributed by atoms with E-state index in [9.17, 15) is 19.6 Å². The highest BCUT2D eigenvalue weighted by Crippen LogP contribution is 2.40. The van der Waals surface area contributed by atoms with Crippen LogP contribution in [0.1, 0.15) is 5.56 Å². The molecule has 5 nitrogen and oxygen atoms in total. The van der Waals surface area contributed by atoms with Crippen molar-refractivity contribution < 1.29 is 19.2 Å². The van der Waals surface area contributed by atoms with Crippen molar-refractivity contribution in [3.8, 4) is 11.5 Å². The minimum absolute atomic E-state index is 0.00904. The highest BCUT2D eigenvalue weighted by atomic mass is 35.5. The maximum Gasteiger partial charge on any atom is 0.272 e. The summed E-state index contributed by atoms with van der Waals surface area (Å²) >= 11 is 11.8. The molecule has 0 amide bonds. The van der Waals surface area contributed by atoms with Crippen molar-refractivity contribution in [3.63, 3.8) is 0 Å². The molecule has 2 aromatic rings. The molecule has 0 heterocycles. The van der Waals surface area contributed by atoms with Crippen LogP contribution in [0.5, 0.6) is 11.5 Å². The van der Waals surface area contributed by atoms with Gasteiger partial charge in [0.05, 0.1) is 21.6 Å². The van der Waals surface area contributed by atoms with Gasteiger partial charge in [0, 0.05) is 17.7 Å². The Labute approximate surface area is 128 Å². The SMILES string of the molecule is O=[N+]([O-])c1cc(Cl)c(Oc2ccc(F)cc2CO)c(Cl)c1. The number of nitrogens with zero attached hydrogens (tertiary/aromatic N) is 1. The molecule has 0 aliphatic carbocycles. The summed E-state index contributed by atoms with van der Waals surface area (Å²) in [5.74, 6) is -0.394. The van der Waals surface area contributed by atoms with Gasteiger partial charge in [-0.2, -0.15) is 0 Å². The van der Waals surface area contributed by atoms with Gasteiger partial charge in [-0.25, -0.2) is 4.39 Å². The molecule has 0 saturated carbocycles. The highest BCUT2D eigenvalue weighted by molar-refractivity contribution is 6.37. The van der Waals surface area contributed by atoms with Crippen LogP contribution in [0.4, 0.5) is 10.1 Å². The molecule has 8 heteroatoms. The van der Waals surface area contributed by atoms with Gasteiger partial charge in [-0.15, -0.1) is 0 Å². The zero-order valence-electron chi connectivity index (χ0n) is 10.3. The van der Waals surface area contributed by atoms with Crippen LogP contribution in [-0.2, 0) is 6.61 Å². The average molecular weight is 332 g/mol. The zero-order chi connectivity index (χ0) is 15.6. The topological polar surface area (TPSA) is 72.6 Å². The molecular weight excluding hydrogens is 324 g/mol. The smallest absolute Gasteiger partial charge is 0.272 e. The number of rotatable bonds is 4. The van der Waals surface area contributed by atoms with Crippen molar-refractivity contribution in [1.29, 1.82) is 0 Å². The molecule has 2 rings (SSSR count). The molecule has 110 valence electrons. The van der Waals surface area contributed by atoms with Crippen molar-refractivity contribution in [3.05, 3.63) is 61.9 Å². The molecule has 0 bridgehead atoms. The van der Waals surface area contributed by atoms with E-state index >= 15 is 0 Å². The summed E-state index contributed by atoms with van der Waals surface area (Å²) in [5, 5.41) is 19.7. The lowest BCUT2D eigenvalue weighted by Gasteiger charge is -2.12. The van der Waals surface area contributed by atoms with E-state index in [-0.39, 0.29) is 32.8 Å². The quantitative estimate of drug-likeness (QED) is 0.668. The second-order valence-electron chi connectivity index (χ2n) is 4.01. The molecular formula is C13H8Cl2FNO4. The van der Waals surface area contributed by atoms with Crippen molar-refractivity contribution in [2.24, 2.45) is 0 Å². The number of nitro groups is 1. The number of hydrogen-bond acceptors (Lipinski definition) is 4. The number of nitro benzene ring substituents is 1. The maximum absolute atomic E-state index is 13.1. The van der Waals surface area contributed by atoms with Gasteiger partial charge in [-0.3, -0.25) is 10.1 Å². The van der Waals surface area contributed by atoms with Gasteiger partial charge >= 0.3 is 0 Å². The number of halogens is 3. The molecule has 0 saturated heterocycles. The van der Waals surface area contributed by atoms with Crippen molar-refractivity contribution in [1.82, 2.24) is 0 Å². The van der Waals surface area contributed by atoms with Crippen molar-refractivity contribution in [2.45, 2.75) is 6.61 Å². The third-order valence-corrected chi connectivity index (χ3v) is 3.16. The first-order valence-corrected chi connectivity index (χ1v) is 6.38. The van der Waals surface area contributed by atoms with Gasteiger partial charge in [0.1, 0.15) is 11.6 Å². The first kappa shape index (κ1) is 15.5. The molecule has 0 spiro atoms. The third kappa shape index (κ3) is 3.41. The third-order valence-electron chi connectivity index (χ3n) is 2.60. The van der Waals surface area contributed by atoms with Gasteiger partial charge in [0.15, 0.2) is 5.75 Å². The Balaban J connectivity index is 2.43. The van der Waals surface area contributed by atoms with E-state index in [1.807, 2.05) is 0 Å². The second kappa shape index (κ2) is 6.26. The largest absolute Gasteiger partial charge is 0.454 e. The average Bonchev–Trinajstić information content (AvgIpc) is 2.43. The van der Waals surface area contributed by atoms with E-state index in [2.05, 4.69) is 0 Å². The minimum Gasteiger partial charge on any atom is -0.454 e. The fourth-order valence-corrected chi connectivity index (χ4v) is 2.18. The Hall–Kier alpha value is -1.89. The first-order chi connectivity index (χ1) is 9.92. The lowest BCUT2D eigenvalue weighted by atomic mass is 10.2. The number of aliphatic hydroxyl groups excluding tert-OH is 1. The Morgan fingerprint density at radius 3 is 2.38 bits per heavy atom. The lowest BCUT2D eigenvalue weighted by Crippen LogP contribution is -1.95. The Morgan fingerprint density at radius 2 is 1.86 bits per heavy atom. The van der Waals surface area contributed by atoms with E-state index in [1.165, 1.54) is 6.07 Å². The summed E-state index contributed by atoms with van der Waals surface area (Å²) < 4.78 is 18.5. The van der Waals surface area contributed by atoms with Crippen LogP contribution in [0.25, 0.3) is 0 Å². The van der Waals surface area contributed by atoms with Crippen LogP contribution in [0.2, 0.25) is 10.0 Å². The molecule has 0 radical (unpaired) electrons. The minimum atomic E-state index is -0.640. The summed E-state index contributed by atoms with van der Waals surface area (Å²) in [6.07, 6.45) is 0. The number of non-ortho nitro benzene ring substituents is 1. The van der Waals surface area contributed by atoms with E-state index in [0.717, 1.165) is 24.3 Å². The fourth-order valence-electron chi connectivity index (χ4n) is 1.63. The fraction of sp³-hybridized carbons (Fsp3) is 0.0769. The van der Waals surface area contributed by atoms with Gasteiger partial charge in [-0.1, -0.05) is 23.2 Å². The van der Waals surface area contributed by atoms with Crippen LogP contribution < -0.4 is 4.74 Å². The van der Waals surface area contributed by atoms with Crippen molar-refractivity contribution in [2.75, 3.05) is 0 Å². The molecule has 0 aromatic heterocycles. The molecule has 0 unspecified atom stereocenters. The summed E-state index contributed by atoms with van der Waals surface area (Å²) in [7, 11) is 0. The van der Waals surface area contributed by atoms with Gasteiger partial charge < -0.3 is 9.84 Å². The number of aliphatic hydroxyl groups is 1. The Kier molecular flexibility index (Phi) is 4.62. The Morgan fingerprint density at radius 1 is 1.24 bits per heavy atom. The molecule has 2 aromatic carbocycles. The van der Waals surface area contributed by atoms with E-state index in [1.54, 1.807) is 0 Å². The lowest BCUT2D eigenvalue weighted by molar-refractivity contribution is -0.384. The second-order valence-corrected chi connectivity index (χ2v) is 4.82. The molecule has 0 aliphatic heterocycles. The summed E-state index contributed by atoms with van der Waals surface area (Å²) in [4.78, 5) is 10.0. The Bertz CT molecular complexity index is 686. The number of hydrogen-bond donors (Lipinski definition) is 1. The molecule has 21 heavy (non-hydrogen) atoms. The first-order valence-electron chi connectivity index (χ1n) is 5.63. The highest BCUT2D eigenvalue weighted by Gasteiger charge is 2.17. The van der Waals surface area contributed by atoms with Crippen LogP contribution in [0, 0.1) is 15.9 Å². The van der Waals surface area contributed by atoms with Crippen LogP contribution in [0.15, 0.2) is 30.3 Å². The predicted octanol–water partition coefficient (Wildman–Crippen LogP) is 4.33. The van der Waals surface area contributed by atoms with Gasteiger partial charge in [-0.05, 0) is 18.2 Å². The zero-order valence-corrected chi connectivity index (χ0v) is 11.9. The van der Waals surface area contributed by atoms with Crippen LogP contribution >= 0.6 is 23.2 Å². The van der Waals surface area contributed by atoms with E-state index in [4.69, 9.17) is 27.9 Å². The summed E-state index contributed by atoms with van der Waals surface area (Å²) in [6.45, 7) is -0.449. The number of benzene rings is 2. The van der Waals surface area contributed by atoms with E-state index in [0.29, 0.717) is 0 Å². The predicted molar refractivity (Wildman–Crippen MR) is 75.5 cm³/mol. The maximum atomic E-state index is 13.1. The van der Waals surface area contributed by atoms with E-state index < -0.39 is 17.3 Å². The molecule has 1 N–H and O–H groups in total. The van der Waals surface area contributed by atoms with Gasteiger partial charge in [0.25, 0.3) is 5.69 Å². The van der Waals surface area contributed by atoms with Crippen LogP contribution in [0.3, 0.4) is 0 Å². The summed E-state index contributed by atoms with van der Waals surface area (Å²) in [5.41, 5.74) is -0.0840. The van der Waals surface area contributed by atoms with Gasteiger partial charge in [0.2, 0.25) is 0 Å². The van der Waals surface area contributed by atoms with Crippen LogP contribution in [-0.4, -0.2) is 10.0 Å². The normalized spacial score (nSPS) is 10.5. The molecule has 0 atom stereocenters. The molecule has 0 fully saturated rings. The summed E-state index contributed by atoms with van der Waals surface area (Å²) in [6, 6.07) is 5.72. The monoisotopic (exact) mass is 331 g/mol. The number of ether oxygens (including phenoxy) is 1. The molecule has 0 aliphatic rings. The van der Waals surface area contributed by atoms with Crippen molar-refractivity contribution >= 4 is 28.9 Å². The standard InChI is InChI=1S/C13H8Cl2FNO4/c14-10-4-9(17(19)20)5-11(15)13(10)21-12-2-1-8(16)3-7(12)6-18/h1-5,18H,6H2.